The zero-order chi connectivity index (χ0) is 23.5. The van der Waals surface area contributed by atoms with Crippen molar-refractivity contribution in [3.8, 4) is 6.07 Å². The molecule has 0 aromatic heterocycles. The maximum Gasteiger partial charge on any atom is 0.404 e. The normalized spacial score (nSPS) is 22.3. The number of nitriles is 1. The van der Waals surface area contributed by atoms with Crippen molar-refractivity contribution in [2.24, 2.45) is 5.41 Å². The molecule has 2 saturated heterocycles. The van der Waals surface area contributed by atoms with E-state index in [1.54, 1.807) is 17.0 Å². The number of hydrogen-bond acceptors (Lipinski definition) is 4. The van der Waals surface area contributed by atoms with E-state index >= 15 is 0 Å². The summed E-state index contributed by atoms with van der Waals surface area (Å²) in [5, 5.41) is 8.91. The minimum atomic E-state index is -4.59. The average Bonchev–Trinajstić information content (AvgIpc) is 3.25. The fourth-order valence-corrected chi connectivity index (χ4v) is 4.75. The van der Waals surface area contributed by atoms with E-state index in [4.69, 9.17) is 5.26 Å². The number of alkyl halides is 3. The van der Waals surface area contributed by atoms with Crippen molar-refractivity contribution in [2.45, 2.75) is 25.7 Å². The molecule has 0 N–H and O–H groups in total. The van der Waals surface area contributed by atoms with Crippen LogP contribution in [-0.4, -0.2) is 66.1 Å². The van der Waals surface area contributed by atoms with E-state index in [0.29, 0.717) is 31.7 Å². The lowest BCUT2D eigenvalue weighted by atomic mass is 9.84. The van der Waals surface area contributed by atoms with Gasteiger partial charge in [-0.05, 0) is 36.2 Å². The second-order valence-electron chi connectivity index (χ2n) is 8.90. The predicted octanol–water partition coefficient (Wildman–Crippen LogP) is 3.66. The van der Waals surface area contributed by atoms with Crippen molar-refractivity contribution < 1.29 is 18.0 Å². The SMILES string of the molecule is N#Cc1ccc(CN2CCN(C(=O)C3(C(F)(F)F)CCN(Cc4ccccc4)C3)CC2)cc1. The van der Waals surface area contributed by atoms with Crippen LogP contribution < -0.4 is 0 Å². The lowest BCUT2D eigenvalue weighted by Gasteiger charge is -2.40. The van der Waals surface area contributed by atoms with Gasteiger partial charge in [0.15, 0.2) is 5.41 Å². The Labute approximate surface area is 192 Å². The number of carbonyl (C=O) groups excluding carboxylic acids is 1. The Bertz CT molecular complexity index is 995. The molecule has 2 aromatic rings. The van der Waals surface area contributed by atoms with Crippen LogP contribution in [0.15, 0.2) is 54.6 Å². The van der Waals surface area contributed by atoms with E-state index in [9.17, 15) is 18.0 Å². The monoisotopic (exact) mass is 456 g/mol. The first kappa shape index (κ1) is 23.3. The molecule has 2 aliphatic rings. The van der Waals surface area contributed by atoms with Gasteiger partial charge in [0.25, 0.3) is 0 Å². The third-order valence-corrected chi connectivity index (χ3v) is 6.70. The number of benzene rings is 2. The van der Waals surface area contributed by atoms with Crippen LogP contribution in [0.25, 0.3) is 0 Å². The number of likely N-dealkylation sites (tertiary alicyclic amines) is 1. The van der Waals surface area contributed by atoms with E-state index in [1.807, 2.05) is 42.5 Å². The van der Waals surface area contributed by atoms with Gasteiger partial charge in [0.05, 0.1) is 11.6 Å². The summed E-state index contributed by atoms with van der Waals surface area (Å²) in [6.45, 7) is 2.61. The zero-order valence-electron chi connectivity index (χ0n) is 18.4. The van der Waals surface area contributed by atoms with Crippen molar-refractivity contribution in [2.75, 3.05) is 39.3 Å². The molecule has 0 spiro atoms. The molecule has 2 aromatic carbocycles. The van der Waals surface area contributed by atoms with Crippen molar-refractivity contribution in [3.63, 3.8) is 0 Å². The summed E-state index contributed by atoms with van der Waals surface area (Å²) < 4.78 is 42.8. The van der Waals surface area contributed by atoms with Crippen LogP contribution in [0.3, 0.4) is 0 Å². The molecule has 0 aliphatic carbocycles. The fourth-order valence-electron chi connectivity index (χ4n) is 4.75. The molecule has 4 rings (SSSR count). The van der Waals surface area contributed by atoms with Crippen LogP contribution in [-0.2, 0) is 17.9 Å². The Morgan fingerprint density at radius 2 is 1.48 bits per heavy atom. The molecule has 2 heterocycles. The molecule has 33 heavy (non-hydrogen) atoms. The summed E-state index contributed by atoms with van der Waals surface area (Å²) in [7, 11) is 0. The summed E-state index contributed by atoms with van der Waals surface area (Å²) >= 11 is 0. The molecule has 2 fully saturated rings. The summed E-state index contributed by atoms with van der Waals surface area (Å²) in [6.07, 6.45) is -4.79. The van der Waals surface area contributed by atoms with E-state index < -0.39 is 17.5 Å². The van der Waals surface area contributed by atoms with Crippen LogP contribution in [0.5, 0.6) is 0 Å². The highest BCUT2D eigenvalue weighted by Crippen LogP contribution is 2.47. The van der Waals surface area contributed by atoms with Crippen LogP contribution in [0.4, 0.5) is 13.2 Å². The van der Waals surface area contributed by atoms with Gasteiger partial charge in [-0.3, -0.25) is 14.6 Å². The molecule has 5 nitrogen and oxygen atoms in total. The quantitative estimate of drug-likeness (QED) is 0.689. The van der Waals surface area contributed by atoms with Gasteiger partial charge >= 0.3 is 6.18 Å². The third-order valence-electron chi connectivity index (χ3n) is 6.70. The second-order valence-corrected chi connectivity index (χ2v) is 8.90. The number of hydrogen-bond donors (Lipinski definition) is 0. The molecular formula is C25H27F3N4O. The van der Waals surface area contributed by atoms with Crippen molar-refractivity contribution >= 4 is 5.91 Å². The minimum absolute atomic E-state index is 0.201. The van der Waals surface area contributed by atoms with Gasteiger partial charge in [-0.1, -0.05) is 42.5 Å². The first-order valence-electron chi connectivity index (χ1n) is 11.1. The summed E-state index contributed by atoms with van der Waals surface area (Å²) in [5.74, 6) is -0.788. The predicted molar refractivity (Wildman–Crippen MR) is 118 cm³/mol. The minimum Gasteiger partial charge on any atom is -0.339 e. The maximum atomic E-state index is 14.3. The molecule has 174 valence electrons. The highest BCUT2D eigenvalue weighted by atomic mass is 19.4. The molecule has 0 saturated carbocycles. The van der Waals surface area contributed by atoms with Gasteiger partial charge in [0.1, 0.15) is 0 Å². The Morgan fingerprint density at radius 3 is 2.09 bits per heavy atom. The van der Waals surface area contributed by atoms with Gasteiger partial charge in [-0.2, -0.15) is 18.4 Å². The number of rotatable bonds is 5. The van der Waals surface area contributed by atoms with E-state index in [0.717, 1.165) is 11.1 Å². The Balaban J connectivity index is 1.38. The number of amides is 1. The van der Waals surface area contributed by atoms with E-state index in [1.165, 1.54) is 4.90 Å². The van der Waals surface area contributed by atoms with Gasteiger partial charge in [0.2, 0.25) is 5.91 Å². The second kappa shape index (κ2) is 9.54. The highest BCUT2D eigenvalue weighted by molar-refractivity contribution is 5.84. The molecule has 1 atom stereocenters. The molecule has 0 bridgehead atoms. The van der Waals surface area contributed by atoms with Gasteiger partial charge < -0.3 is 4.90 Å². The average molecular weight is 457 g/mol. The van der Waals surface area contributed by atoms with Crippen molar-refractivity contribution in [3.05, 3.63) is 71.3 Å². The van der Waals surface area contributed by atoms with Crippen molar-refractivity contribution in [1.29, 1.82) is 5.26 Å². The molecule has 8 heteroatoms. The largest absolute Gasteiger partial charge is 0.404 e. The maximum absolute atomic E-state index is 14.3. The summed E-state index contributed by atoms with van der Waals surface area (Å²) in [5.41, 5.74) is 0.230. The zero-order valence-corrected chi connectivity index (χ0v) is 18.4. The standard InChI is InChI=1S/C25H27F3N4O/c26-25(27,28)24(10-11-31(19-24)18-21-4-2-1-3-5-21)23(33)32-14-12-30(13-15-32)17-22-8-6-20(16-29)7-9-22/h1-9H,10-15,17-19H2. The Hall–Kier alpha value is -2.89. The van der Waals surface area contributed by atoms with E-state index in [2.05, 4.69) is 11.0 Å². The van der Waals surface area contributed by atoms with Gasteiger partial charge in [-0.15, -0.1) is 0 Å². The molecule has 2 aliphatic heterocycles. The topological polar surface area (TPSA) is 50.6 Å². The lowest BCUT2D eigenvalue weighted by Crippen LogP contribution is -2.58. The number of halogens is 3. The molecule has 1 amide bonds. The highest BCUT2D eigenvalue weighted by Gasteiger charge is 2.64. The molecule has 0 radical (unpaired) electrons. The van der Waals surface area contributed by atoms with Gasteiger partial charge in [-0.25, -0.2) is 0 Å². The van der Waals surface area contributed by atoms with Crippen LogP contribution >= 0.6 is 0 Å². The third kappa shape index (κ3) is 5.05. The fraction of sp³-hybridized carbons (Fsp3) is 0.440. The number of nitrogens with zero attached hydrogens (tertiary/aromatic N) is 4. The molecule has 1 unspecified atom stereocenters. The van der Waals surface area contributed by atoms with Crippen LogP contribution in [0.1, 0.15) is 23.1 Å². The summed E-state index contributed by atoms with van der Waals surface area (Å²) in [4.78, 5) is 18.5. The van der Waals surface area contributed by atoms with E-state index in [-0.39, 0.29) is 32.6 Å². The Kier molecular flexibility index (Phi) is 6.73. The van der Waals surface area contributed by atoms with Crippen LogP contribution in [0.2, 0.25) is 0 Å². The van der Waals surface area contributed by atoms with Gasteiger partial charge in [0, 0.05) is 45.8 Å². The number of piperazine rings is 1. The van der Waals surface area contributed by atoms with Crippen LogP contribution in [0, 0.1) is 16.7 Å². The number of carbonyl (C=O) groups is 1. The van der Waals surface area contributed by atoms with Crippen molar-refractivity contribution in [1.82, 2.24) is 14.7 Å². The lowest BCUT2D eigenvalue weighted by molar-refractivity contribution is -0.224. The smallest absolute Gasteiger partial charge is 0.339 e. The Morgan fingerprint density at radius 1 is 0.879 bits per heavy atom. The molecular weight excluding hydrogens is 429 g/mol. The first-order valence-corrected chi connectivity index (χ1v) is 11.1. The summed E-state index contributed by atoms with van der Waals surface area (Å²) in [6, 6.07) is 18.7. The first-order chi connectivity index (χ1) is 15.8.